The van der Waals surface area contributed by atoms with E-state index >= 15 is 0 Å². The Hall–Kier alpha value is -0.610. The number of nitrogens with two attached hydrogens (primary N) is 1. The second-order valence-electron chi connectivity index (χ2n) is 2.16. The molecule has 10 heavy (non-hydrogen) atoms. The van der Waals surface area contributed by atoms with Gasteiger partial charge in [0.1, 0.15) is 0 Å². The highest BCUT2D eigenvalue weighted by Gasteiger charge is 2.04. The number of primary amides is 1. The molecule has 0 aromatic rings. The molecule has 0 heterocycles. The number of carbonyl (C=O) groups is 1. The van der Waals surface area contributed by atoms with Crippen LogP contribution in [0.4, 0.5) is 0 Å². The zero-order chi connectivity index (χ0) is 7.98. The summed E-state index contributed by atoms with van der Waals surface area (Å²) in [6, 6.07) is -0.299. The fraction of sp³-hybridized carbons (Fsp3) is 0.833. The van der Waals surface area contributed by atoms with Crippen molar-refractivity contribution in [2.75, 3.05) is 13.2 Å². The van der Waals surface area contributed by atoms with Crippen LogP contribution in [0.15, 0.2) is 0 Å². The van der Waals surface area contributed by atoms with Crippen molar-refractivity contribution in [3.05, 3.63) is 0 Å². The number of hydrogen-bond acceptors (Lipinski definition) is 3. The van der Waals surface area contributed by atoms with Crippen LogP contribution in [0.5, 0.6) is 0 Å². The van der Waals surface area contributed by atoms with Crippen LogP contribution in [-0.2, 0) is 4.79 Å². The first-order valence-electron chi connectivity index (χ1n) is 3.32. The van der Waals surface area contributed by atoms with Gasteiger partial charge in [0.25, 0.3) is 0 Å². The van der Waals surface area contributed by atoms with Crippen LogP contribution >= 0.6 is 0 Å². The maximum Gasteiger partial charge on any atom is 0.234 e. The van der Waals surface area contributed by atoms with Crippen molar-refractivity contribution in [3.8, 4) is 0 Å². The van der Waals surface area contributed by atoms with Gasteiger partial charge in [0.05, 0.1) is 6.04 Å². The zero-order valence-corrected chi connectivity index (χ0v) is 6.13. The molecular weight excluding hydrogens is 132 g/mol. The quantitative estimate of drug-likeness (QED) is 0.428. The van der Waals surface area contributed by atoms with Gasteiger partial charge < -0.3 is 16.2 Å². The molecular formula is C6H14N2O2. The molecule has 60 valence electrons. The summed E-state index contributed by atoms with van der Waals surface area (Å²) in [5, 5.41) is 11.2. The first kappa shape index (κ1) is 9.39. The van der Waals surface area contributed by atoms with Crippen LogP contribution in [0.3, 0.4) is 0 Å². The number of carbonyl (C=O) groups excluding carboxylic acids is 1. The Labute approximate surface area is 60.4 Å². The summed E-state index contributed by atoms with van der Waals surface area (Å²) in [6.45, 7) is 2.46. The normalized spacial score (nSPS) is 13.0. The molecule has 0 saturated carbocycles. The maximum atomic E-state index is 10.4. The largest absolute Gasteiger partial charge is 0.396 e. The average molecular weight is 146 g/mol. The van der Waals surface area contributed by atoms with Crippen molar-refractivity contribution >= 4 is 5.91 Å². The average Bonchev–Trinajstić information content (AvgIpc) is 1.88. The van der Waals surface area contributed by atoms with Crippen LogP contribution in [0.2, 0.25) is 0 Å². The van der Waals surface area contributed by atoms with Crippen molar-refractivity contribution in [1.29, 1.82) is 0 Å². The van der Waals surface area contributed by atoms with Gasteiger partial charge >= 0.3 is 0 Å². The second-order valence-corrected chi connectivity index (χ2v) is 2.16. The Kier molecular flexibility index (Phi) is 4.88. The lowest BCUT2D eigenvalue weighted by Gasteiger charge is -2.07. The molecule has 4 nitrogen and oxygen atoms in total. The highest BCUT2D eigenvalue weighted by atomic mass is 16.3. The summed E-state index contributed by atoms with van der Waals surface area (Å²) in [7, 11) is 0. The van der Waals surface area contributed by atoms with Crippen LogP contribution < -0.4 is 11.1 Å². The fourth-order valence-electron chi connectivity index (χ4n) is 0.498. The SMILES string of the molecule is CC(NCCCO)C(N)=O. The van der Waals surface area contributed by atoms with E-state index in [0.29, 0.717) is 13.0 Å². The van der Waals surface area contributed by atoms with Gasteiger partial charge in [0, 0.05) is 6.61 Å². The van der Waals surface area contributed by atoms with Crippen molar-refractivity contribution < 1.29 is 9.90 Å². The van der Waals surface area contributed by atoms with Gasteiger partial charge in [-0.2, -0.15) is 0 Å². The smallest absolute Gasteiger partial charge is 0.234 e. The molecule has 1 unspecified atom stereocenters. The molecule has 0 aromatic carbocycles. The zero-order valence-electron chi connectivity index (χ0n) is 6.13. The van der Waals surface area contributed by atoms with Crippen molar-refractivity contribution in [2.45, 2.75) is 19.4 Å². The lowest BCUT2D eigenvalue weighted by Crippen LogP contribution is -2.39. The van der Waals surface area contributed by atoms with Crippen molar-refractivity contribution in [2.24, 2.45) is 5.73 Å². The van der Waals surface area contributed by atoms with Crippen LogP contribution in [-0.4, -0.2) is 30.2 Å². The van der Waals surface area contributed by atoms with Crippen LogP contribution in [0, 0.1) is 0 Å². The van der Waals surface area contributed by atoms with Gasteiger partial charge in [-0.05, 0) is 19.9 Å². The Morgan fingerprint density at radius 2 is 2.40 bits per heavy atom. The minimum Gasteiger partial charge on any atom is -0.396 e. The monoisotopic (exact) mass is 146 g/mol. The van der Waals surface area contributed by atoms with E-state index in [0.717, 1.165) is 0 Å². The molecule has 0 bridgehead atoms. The molecule has 1 amide bonds. The Morgan fingerprint density at radius 1 is 1.80 bits per heavy atom. The minimum absolute atomic E-state index is 0.137. The van der Waals surface area contributed by atoms with Gasteiger partial charge in [-0.3, -0.25) is 4.79 Å². The predicted octanol–water partition coefficient (Wildman–Crippen LogP) is -1.17. The standard InChI is InChI=1S/C6H14N2O2/c1-5(6(7)10)8-3-2-4-9/h5,8-9H,2-4H2,1H3,(H2,7,10). The van der Waals surface area contributed by atoms with E-state index in [-0.39, 0.29) is 18.6 Å². The number of aliphatic hydroxyl groups excluding tert-OH is 1. The summed E-state index contributed by atoms with van der Waals surface area (Å²) >= 11 is 0. The van der Waals surface area contributed by atoms with E-state index in [9.17, 15) is 4.79 Å². The number of hydrogen-bond donors (Lipinski definition) is 3. The molecule has 4 N–H and O–H groups in total. The van der Waals surface area contributed by atoms with Gasteiger partial charge in [-0.15, -0.1) is 0 Å². The summed E-state index contributed by atoms with van der Waals surface area (Å²) < 4.78 is 0. The molecule has 0 saturated heterocycles. The topological polar surface area (TPSA) is 75.3 Å². The number of nitrogens with one attached hydrogen (secondary N) is 1. The maximum absolute atomic E-state index is 10.4. The molecule has 0 spiro atoms. The van der Waals surface area contributed by atoms with Gasteiger partial charge in [0.2, 0.25) is 5.91 Å². The number of amides is 1. The highest BCUT2D eigenvalue weighted by molar-refractivity contribution is 5.79. The van der Waals surface area contributed by atoms with Gasteiger partial charge in [0.15, 0.2) is 0 Å². The fourth-order valence-corrected chi connectivity index (χ4v) is 0.498. The van der Waals surface area contributed by atoms with E-state index in [1.54, 1.807) is 6.92 Å². The van der Waals surface area contributed by atoms with Crippen LogP contribution in [0.1, 0.15) is 13.3 Å². The molecule has 0 aromatic heterocycles. The summed E-state index contributed by atoms with van der Waals surface area (Å²) in [4.78, 5) is 10.4. The van der Waals surface area contributed by atoms with Crippen molar-refractivity contribution in [1.82, 2.24) is 5.32 Å². The molecule has 0 aliphatic heterocycles. The lowest BCUT2D eigenvalue weighted by atomic mass is 10.3. The molecule has 4 heteroatoms. The Bertz CT molecular complexity index is 106. The lowest BCUT2D eigenvalue weighted by molar-refractivity contribution is -0.119. The molecule has 1 atom stereocenters. The van der Waals surface area contributed by atoms with Crippen LogP contribution in [0.25, 0.3) is 0 Å². The van der Waals surface area contributed by atoms with E-state index in [4.69, 9.17) is 10.8 Å². The molecule has 0 radical (unpaired) electrons. The minimum atomic E-state index is -0.363. The molecule has 0 fully saturated rings. The third-order valence-corrected chi connectivity index (χ3v) is 1.21. The molecule has 0 rings (SSSR count). The second kappa shape index (κ2) is 5.20. The highest BCUT2D eigenvalue weighted by Crippen LogP contribution is 1.79. The summed E-state index contributed by atoms with van der Waals surface area (Å²) in [5.41, 5.74) is 4.95. The Morgan fingerprint density at radius 3 is 2.80 bits per heavy atom. The van der Waals surface area contributed by atoms with E-state index in [1.165, 1.54) is 0 Å². The van der Waals surface area contributed by atoms with E-state index < -0.39 is 0 Å². The predicted molar refractivity (Wildman–Crippen MR) is 38.4 cm³/mol. The van der Waals surface area contributed by atoms with Gasteiger partial charge in [-0.1, -0.05) is 0 Å². The van der Waals surface area contributed by atoms with E-state index in [2.05, 4.69) is 5.32 Å². The third-order valence-electron chi connectivity index (χ3n) is 1.21. The first-order valence-corrected chi connectivity index (χ1v) is 3.32. The number of rotatable bonds is 5. The van der Waals surface area contributed by atoms with Gasteiger partial charge in [-0.25, -0.2) is 0 Å². The number of aliphatic hydroxyl groups is 1. The summed E-state index contributed by atoms with van der Waals surface area (Å²) in [5.74, 6) is -0.363. The molecule has 0 aliphatic carbocycles. The third kappa shape index (κ3) is 4.29. The first-order chi connectivity index (χ1) is 4.68. The van der Waals surface area contributed by atoms with Crippen molar-refractivity contribution in [3.63, 3.8) is 0 Å². The Balaban J connectivity index is 3.21. The molecule has 0 aliphatic rings. The van der Waals surface area contributed by atoms with E-state index in [1.807, 2.05) is 0 Å². The summed E-state index contributed by atoms with van der Waals surface area (Å²) in [6.07, 6.45) is 0.650.